The van der Waals surface area contributed by atoms with E-state index in [1.807, 2.05) is 34.6 Å². The number of carbonyl (C=O) groups is 3. The van der Waals surface area contributed by atoms with Crippen molar-refractivity contribution in [2.45, 2.75) is 64.3 Å². The van der Waals surface area contributed by atoms with Gasteiger partial charge in [0.25, 0.3) is 10.0 Å². The molecule has 0 saturated carbocycles. The molecule has 0 spiro atoms. The number of anilines is 1. The molecule has 2 aromatic carbocycles. The van der Waals surface area contributed by atoms with Crippen molar-refractivity contribution in [3.05, 3.63) is 74.5 Å². The first-order chi connectivity index (χ1) is 28.5. The molecule has 0 bridgehead atoms. The average molecular weight is 969 g/mol. The van der Waals surface area contributed by atoms with E-state index in [9.17, 15) is 49.7 Å². The first-order valence-corrected chi connectivity index (χ1v) is 20.7. The van der Waals surface area contributed by atoms with Crippen LogP contribution in [0.1, 0.15) is 50.9 Å². The number of nitrogens with one attached hydrogen (secondary N) is 3. The number of alkyl halides is 4. The highest BCUT2D eigenvalue weighted by Crippen LogP contribution is 2.34. The normalized spacial score (nSPS) is 11.5. The number of carboxylic acids is 2. The minimum absolute atomic E-state index is 0.0642. The Morgan fingerprint density at radius 1 is 0.935 bits per heavy atom. The topological polar surface area (TPSA) is 321 Å². The highest BCUT2D eigenvalue weighted by molar-refractivity contribution is 7.90. The summed E-state index contributed by atoms with van der Waals surface area (Å²) in [6.45, 7) is 2.21. The number of sulfonamides is 1. The minimum atomic E-state index is -4.71. The van der Waals surface area contributed by atoms with Gasteiger partial charge in [-0.2, -0.15) is 32.2 Å². The summed E-state index contributed by atoms with van der Waals surface area (Å²) in [5, 5.41) is 25.7. The van der Waals surface area contributed by atoms with Crippen LogP contribution in [0, 0.1) is 0 Å². The zero-order chi connectivity index (χ0) is 47.3. The molecule has 0 fully saturated rings. The zero-order valence-electron chi connectivity index (χ0n) is 32.4. The van der Waals surface area contributed by atoms with Crippen molar-refractivity contribution in [3.8, 4) is 23.2 Å². The lowest BCUT2D eigenvalue weighted by atomic mass is 9.97. The number of ether oxygens (including phenoxy) is 3. The minimum Gasteiger partial charge on any atom is -0.489 e. The van der Waals surface area contributed by atoms with E-state index in [1.165, 1.54) is 22.9 Å². The molecule has 22 nitrogen and oxygen atoms in total. The number of aromatic carboxylic acids is 1. The Labute approximate surface area is 357 Å². The Balaban J connectivity index is 0.000000361. The SMILES string of the molecule is CC(C)Oc1cc(-n2nc(C(C)(C)C)oc2=O)c(Cl)cc1Cl.O=C(Nc1nc(OC(F)F)cc(OC(F)F)n1)NS(=O)(=O)c1ccccc1C(=O)O.O=C(O)CNCP(=O)(O)O. The first kappa shape index (κ1) is 52.6. The molecule has 2 heterocycles. The molecule has 2 aromatic heterocycles. The van der Waals surface area contributed by atoms with Gasteiger partial charge in [0.15, 0.2) is 0 Å². The fourth-order valence-electron chi connectivity index (χ4n) is 4.01. The van der Waals surface area contributed by atoms with E-state index >= 15 is 0 Å². The first-order valence-electron chi connectivity index (χ1n) is 16.7. The van der Waals surface area contributed by atoms with Gasteiger partial charge in [-0.15, -0.1) is 5.10 Å². The maximum Gasteiger partial charge on any atom is 0.442 e. The molecule has 342 valence electrons. The van der Waals surface area contributed by atoms with E-state index in [2.05, 4.69) is 29.9 Å². The number of halogens is 6. The van der Waals surface area contributed by atoms with Gasteiger partial charge in [0.1, 0.15) is 10.6 Å². The second kappa shape index (κ2) is 22.5. The Hall–Kier alpha value is -5.57. The van der Waals surface area contributed by atoms with E-state index in [4.69, 9.17) is 52.4 Å². The summed E-state index contributed by atoms with van der Waals surface area (Å²) >= 11 is 12.3. The van der Waals surface area contributed by atoms with E-state index in [1.54, 1.807) is 11.4 Å². The van der Waals surface area contributed by atoms with Gasteiger partial charge in [-0.05, 0) is 32.0 Å². The summed E-state index contributed by atoms with van der Waals surface area (Å²) in [7, 11) is -8.81. The van der Waals surface area contributed by atoms with Crippen molar-refractivity contribution in [2.24, 2.45) is 0 Å². The molecule has 0 radical (unpaired) electrons. The third-order valence-electron chi connectivity index (χ3n) is 6.33. The van der Waals surface area contributed by atoms with Crippen LogP contribution in [0.5, 0.6) is 17.5 Å². The number of carbonyl (C=O) groups excluding carboxylic acids is 1. The molecule has 0 saturated heterocycles. The predicted molar refractivity (Wildman–Crippen MR) is 207 cm³/mol. The fraction of sp³-hybridized carbons (Fsp3) is 0.344. The zero-order valence-corrected chi connectivity index (χ0v) is 35.6. The van der Waals surface area contributed by atoms with Crippen LogP contribution in [0.15, 0.2) is 56.6 Å². The van der Waals surface area contributed by atoms with Crippen LogP contribution in [0.3, 0.4) is 0 Å². The number of benzene rings is 2. The number of hydrogen-bond donors (Lipinski definition) is 7. The highest BCUT2D eigenvalue weighted by atomic mass is 35.5. The molecule has 2 amide bonds. The van der Waals surface area contributed by atoms with Crippen LogP contribution in [-0.4, -0.2) is 98.3 Å². The third kappa shape index (κ3) is 17.8. The van der Waals surface area contributed by atoms with Crippen LogP contribution >= 0.6 is 30.8 Å². The molecule has 30 heteroatoms. The molecule has 0 unspecified atom stereocenters. The van der Waals surface area contributed by atoms with Crippen LogP contribution in [0.2, 0.25) is 10.0 Å². The van der Waals surface area contributed by atoms with Gasteiger partial charge in [0, 0.05) is 11.5 Å². The van der Waals surface area contributed by atoms with Crippen LogP contribution < -0.4 is 35.3 Å². The number of aliphatic carboxylic acids is 1. The van der Waals surface area contributed by atoms with Crippen molar-refractivity contribution in [1.82, 2.24) is 29.8 Å². The van der Waals surface area contributed by atoms with Gasteiger partial charge >= 0.3 is 44.5 Å². The Bertz CT molecular complexity index is 2410. The number of nitrogens with zero attached hydrogens (tertiary/aromatic N) is 4. The van der Waals surface area contributed by atoms with Crippen molar-refractivity contribution in [2.75, 3.05) is 18.1 Å². The standard InChI is InChI=1S/C15H18Cl2N2O3.C14H10F4N4O7S.C3H8NO5P/c1-8(2)21-12-7-11(9(16)6-10(12)17)19-14(20)22-13(18-19)15(3,4)5;15-11(16)28-8-5-9(29-12(17)18)20-13(19-8)21-14(25)22-30(26,27)7-4-2-1-3-6(7)10(23)24;5-3(6)1-4-2-10(7,8)9/h6-8H,1-5H3;1-5,11-12H,(H,23,24)(H2,19,20,21,22,25);4H,1-2H2,(H,5,6)(H2,7,8,9). The Morgan fingerprint density at radius 2 is 1.50 bits per heavy atom. The molecule has 0 aliphatic rings. The second-order valence-corrected chi connectivity index (χ2v) is 17.0. The number of amides is 2. The van der Waals surface area contributed by atoms with Crippen molar-refractivity contribution in [3.63, 3.8) is 0 Å². The highest BCUT2D eigenvalue weighted by Gasteiger charge is 2.26. The average Bonchev–Trinajstić information content (AvgIpc) is 3.50. The van der Waals surface area contributed by atoms with Crippen LogP contribution in [-0.2, 0) is 24.8 Å². The van der Waals surface area contributed by atoms with Gasteiger partial charge < -0.3 is 38.6 Å². The maximum atomic E-state index is 12.3. The number of rotatable bonds is 15. The lowest BCUT2D eigenvalue weighted by Crippen LogP contribution is -2.35. The van der Waals surface area contributed by atoms with Gasteiger partial charge in [-0.1, -0.05) is 56.1 Å². The Morgan fingerprint density at radius 3 is 1.97 bits per heavy atom. The molecule has 4 aromatic rings. The summed E-state index contributed by atoms with van der Waals surface area (Å²) in [6, 6.07) is 6.33. The molecule has 0 atom stereocenters. The number of hydrogen-bond acceptors (Lipinski definition) is 15. The van der Waals surface area contributed by atoms with Gasteiger partial charge in [-0.3, -0.25) is 20.0 Å². The van der Waals surface area contributed by atoms with E-state index in [0.29, 0.717) is 28.4 Å². The lowest BCUT2D eigenvalue weighted by Gasteiger charge is -2.13. The summed E-state index contributed by atoms with van der Waals surface area (Å²) in [4.78, 5) is 67.1. The fourth-order valence-corrected chi connectivity index (χ4v) is 6.03. The summed E-state index contributed by atoms with van der Waals surface area (Å²) in [5.74, 6) is -5.44. The summed E-state index contributed by atoms with van der Waals surface area (Å²) in [6.07, 6.45) is -0.662. The predicted octanol–water partition coefficient (Wildman–Crippen LogP) is 4.90. The van der Waals surface area contributed by atoms with Crippen molar-refractivity contribution >= 4 is 64.7 Å². The van der Waals surface area contributed by atoms with Crippen molar-refractivity contribution < 1.29 is 83.6 Å². The summed E-state index contributed by atoms with van der Waals surface area (Å²) < 4.78 is 105. The Kier molecular flexibility index (Phi) is 19.1. The van der Waals surface area contributed by atoms with E-state index in [-0.39, 0.29) is 16.5 Å². The van der Waals surface area contributed by atoms with Gasteiger partial charge in [0.05, 0.1) is 46.3 Å². The molecular formula is C32H36Cl2F4N7O15PS. The lowest BCUT2D eigenvalue weighted by molar-refractivity contribution is -0.135. The maximum absolute atomic E-state index is 12.3. The monoisotopic (exact) mass is 967 g/mol. The van der Waals surface area contributed by atoms with E-state index in [0.717, 1.165) is 16.8 Å². The third-order valence-corrected chi connectivity index (χ3v) is 8.96. The molecule has 0 aliphatic carbocycles. The van der Waals surface area contributed by atoms with Gasteiger partial charge in [-0.25, -0.2) is 27.5 Å². The van der Waals surface area contributed by atoms with Crippen molar-refractivity contribution in [1.29, 1.82) is 0 Å². The number of carboxylic acid groups (broad SMARTS) is 2. The molecule has 62 heavy (non-hydrogen) atoms. The number of aromatic nitrogens is 4. The molecular weight excluding hydrogens is 932 g/mol. The summed E-state index contributed by atoms with van der Waals surface area (Å²) in [5.41, 5.74) is -0.666. The molecule has 7 N–H and O–H groups in total. The van der Waals surface area contributed by atoms with Crippen LogP contribution in [0.4, 0.5) is 28.3 Å². The number of urea groups is 1. The van der Waals surface area contributed by atoms with Crippen LogP contribution in [0.25, 0.3) is 5.69 Å². The second-order valence-electron chi connectivity index (χ2n) is 12.9. The van der Waals surface area contributed by atoms with Gasteiger partial charge in [0.2, 0.25) is 23.6 Å². The molecule has 0 aliphatic heterocycles. The smallest absolute Gasteiger partial charge is 0.442 e. The largest absolute Gasteiger partial charge is 0.489 e. The quantitative estimate of drug-likeness (QED) is 0.0615. The molecule has 4 rings (SSSR count). The van der Waals surface area contributed by atoms with E-state index < -0.39 is 95.6 Å².